The van der Waals surface area contributed by atoms with Gasteiger partial charge in [-0.05, 0) is 55.5 Å². The van der Waals surface area contributed by atoms with Gasteiger partial charge in [-0.1, -0.05) is 52.9 Å². The lowest BCUT2D eigenvalue weighted by atomic mass is 10.1. The zero-order chi connectivity index (χ0) is 21.3. The van der Waals surface area contributed by atoms with Crippen LogP contribution < -0.4 is 5.56 Å². The highest BCUT2D eigenvalue weighted by molar-refractivity contribution is 7.99. The highest BCUT2D eigenvalue weighted by Crippen LogP contribution is 2.26. The zero-order valence-corrected chi connectivity index (χ0v) is 19.1. The monoisotopic (exact) mass is 473 g/mol. The van der Waals surface area contributed by atoms with Crippen LogP contribution in [0.15, 0.2) is 64.5 Å². The maximum absolute atomic E-state index is 13.1. The first-order chi connectivity index (χ1) is 14.5. The number of thiazole rings is 1. The minimum atomic E-state index is -0.144. The van der Waals surface area contributed by atoms with Gasteiger partial charge in [-0.2, -0.15) is 0 Å². The van der Waals surface area contributed by atoms with E-state index in [1.165, 1.54) is 23.1 Å². The molecule has 2 aromatic heterocycles. The SMILES string of the molecule is CCn1c(SCC(=O)c2ccc(Cl)cc2)nc2c(sc(=S)n2-c2ccccc2)c1=O. The van der Waals surface area contributed by atoms with Gasteiger partial charge in [-0.3, -0.25) is 18.7 Å². The van der Waals surface area contributed by atoms with Crippen LogP contribution in [0.5, 0.6) is 0 Å². The van der Waals surface area contributed by atoms with E-state index in [9.17, 15) is 9.59 Å². The molecule has 0 amide bonds. The second kappa shape index (κ2) is 8.85. The van der Waals surface area contributed by atoms with Crippen LogP contribution in [0.2, 0.25) is 5.02 Å². The number of halogens is 1. The Kier molecular flexibility index (Phi) is 6.19. The number of carbonyl (C=O) groups is 1. The molecule has 0 saturated carbocycles. The van der Waals surface area contributed by atoms with Crippen molar-refractivity contribution in [2.75, 3.05) is 5.75 Å². The first kappa shape index (κ1) is 21.0. The summed E-state index contributed by atoms with van der Waals surface area (Å²) in [5.41, 5.74) is 1.80. The third-order valence-electron chi connectivity index (χ3n) is 4.49. The summed E-state index contributed by atoms with van der Waals surface area (Å²) in [5, 5.41) is 1.07. The molecule has 4 rings (SSSR count). The van der Waals surface area contributed by atoms with Gasteiger partial charge in [0.25, 0.3) is 5.56 Å². The van der Waals surface area contributed by atoms with Crippen molar-refractivity contribution in [3.63, 3.8) is 0 Å². The van der Waals surface area contributed by atoms with Gasteiger partial charge in [0.2, 0.25) is 0 Å². The van der Waals surface area contributed by atoms with Crippen molar-refractivity contribution in [1.82, 2.24) is 14.1 Å². The predicted molar refractivity (Wildman–Crippen MR) is 126 cm³/mol. The van der Waals surface area contributed by atoms with Crippen LogP contribution in [0.4, 0.5) is 0 Å². The maximum atomic E-state index is 13.1. The Labute approximate surface area is 191 Å². The molecule has 0 radical (unpaired) electrons. The summed E-state index contributed by atoms with van der Waals surface area (Å²) in [5.74, 6) is 0.106. The molecule has 30 heavy (non-hydrogen) atoms. The van der Waals surface area contributed by atoms with E-state index in [0.717, 1.165) is 5.69 Å². The van der Waals surface area contributed by atoms with Crippen molar-refractivity contribution in [2.24, 2.45) is 0 Å². The van der Waals surface area contributed by atoms with E-state index in [1.807, 2.05) is 41.8 Å². The molecule has 152 valence electrons. The number of nitrogens with zero attached hydrogens (tertiary/aromatic N) is 3. The number of Topliss-reactive ketones (excluding diaryl/α,β-unsaturated/α-hetero) is 1. The van der Waals surface area contributed by atoms with E-state index in [0.29, 0.717) is 36.6 Å². The molecule has 0 N–H and O–H groups in total. The first-order valence-electron chi connectivity index (χ1n) is 9.13. The van der Waals surface area contributed by atoms with E-state index >= 15 is 0 Å². The summed E-state index contributed by atoms with van der Waals surface area (Å²) in [4.78, 5) is 30.4. The van der Waals surface area contributed by atoms with Gasteiger partial charge < -0.3 is 0 Å². The molecule has 9 heteroatoms. The number of rotatable bonds is 6. The highest BCUT2D eigenvalue weighted by Gasteiger charge is 2.18. The average molecular weight is 474 g/mol. The second-order valence-corrected chi connectivity index (χ2v) is 9.38. The van der Waals surface area contributed by atoms with Crippen LogP contribution in [0, 0.1) is 3.95 Å². The minimum absolute atomic E-state index is 0.0566. The zero-order valence-electron chi connectivity index (χ0n) is 15.9. The molecule has 0 bridgehead atoms. The van der Waals surface area contributed by atoms with E-state index in [4.69, 9.17) is 28.8 Å². The normalized spacial score (nSPS) is 11.1. The van der Waals surface area contributed by atoms with Crippen LogP contribution in [-0.2, 0) is 6.54 Å². The molecule has 0 spiro atoms. The summed E-state index contributed by atoms with van der Waals surface area (Å²) in [6.45, 7) is 2.34. The summed E-state index contributed by atoms with van der Waals surface area (Å²) in [6, 6.07) is 16.3. The standard InChI is InChI=1S/C21H16ClN3O2S3/c1-2-24-19(27)17-18(25(21(28)30-17)15-6-4-3-5-7-15)23-20(24)29-12-16(26)13-8-10-14(22)11-9-13/h3-11H,2,12H2,1H3. The Hall–Kier alpha value is -2.26. The van der Waals surface area contributed by atoms with Gasteiger partial charge in [0, 0.05) is 22.8 Å². The number of aromatic nitrogens is 3. The van der Waals surface area contributed by atoms with Gasteiger partial charge in [0.1, 0.15) is 4.70 Å². The van der Waals surface area contributed by atoms with Crippen molar-refractivity contribution in [2.45, 2.75) is 18.6 Å². The number of fused-ring (bicyclic) bond motifs is 1. The number of ketones is 1. The number of benzene rings is 2. The van der Waals surface area contributed by atoms with E-state index < -0.39 is 0 Å². The lowest BCUT2D eigenvalue weighted by Gasteiger charge is -2.11. The number of carbonyl (C=O) groups excluding carboxylic acids is 1. The molecule has 0 atom stereocenters. The summed E-state index contributed by atoms with van der Waals surface area (Å²) in [7, 11) is 0. The Morgan fingerprint density at radius 1 is 1.17 bits per heavy atom. The number of hydrogen-bond acceptors (Lipinski definition) is 6. The Balaban J connectivity index is 1.76. The largest absolute Gasteiger partial charge is 0.293 e. The van der Waals surface area contributed by atoms with Gasteiger partial charge in [0.05, 0.1) is 5.75 Å². The van der Waals surface area contributed by atoms with Crippen LogP contribution in [-0.4, -0.2) is 25.7 Å². The summed E-state index contributed by atoms with van der Waals surface area (Å²) < 4.78 is 4.46. The lowest BCUT2D eigenvalue weighted by Crippen LogP contribution is -2.22. The Morgan fingerprint density at radius 3 is 2.53 bits per heavy atom. The van der Waals surface area contributed by atoms with Crippen LogP contribution in [0.3, 0.4) is 0 Å². The number of hydrogen-bond donors (Lipinski definition) is 0. The maximum Gasteiger partial charge on any atom is 0.273 e. The minimum Gasteiger partial charge on any atom is -0.293 e. The lowest BCUT2D eigenvalue weighted by molar-refractivity contribution is 0.102. The quantitative estimate of drug-likeness (QED) is 0.157. The molecular weight excluding hydrogens is 458 g/mol. The fraction of sp³-hybridized carbons (Fsp3) is 0.143. The van der Waals surface area contributed by atoms with Crippen LogP contribution >= 0.6 is 46.9 Å². The van der Waals surface area contributed by atoms with Crippen molar-refractivity contribution in [3.8, 4) is 5.69 Å². The smallest absolute Gasteiger partial charge is 0.273 e. The Bertz CT molecular complexity index is 1340. The third kappa shape index (κ3) is 4.00. The van der Waals surface area contributed by atoms with Crippen molar-refractivity contribution in [3.05, 3.63) is 79.5 Å². The Morgan fingerprint density at radius 2 is 1.87 bits per heavy atom. The van der Waals surface area contributed by atoms with Gasteiger partial charge in [-0.15, -0.1) is 0 Å². The molecule has 0 saturated heterocycles. The van der Waals surface area contributed by atoms with E-state index in [-0.39, 0.29) is 17.1 Å². The molecule has 2 aromatic carbocycles. The summed E-state index contributed by atoms with van der Waals surface area (Å²) in [6.07, 6.45) is 0. The molecule has 0 aliphatic heterocycles. The number of thioether (sulfide) groups is 1. The molecule has 2 heterocycles. The molecule has 0 fully saturated rings. The third-order valence-corrected chi connectivity index (χ3v) is 7.07. The van der Waals surface area contributed by atoms with Crippen LogP contribution in [0.25, 0.3) is 16.0 Å². The molecule has 4 aromatic rings. The number of para-hydroxylation sites is 1. The van der Waals surface area contributed by atoms with Crippen LogP contribution in [0.1, 0.15) is 17.3 Å². The average Bonchev–Trinajstić information content (AvgIpc) is 3.09. The molecule has 5 nitrogen and oxygen atoms in total. The fourth-order valence-electron chi connectivity index (χ4n) is 3.01. The van der Waals surface area contributed by atoms with Gasteiger partial charge >= 0.3 is 0 Å². The van der Waals surface area contributed by atoms with Gasteiger partial charge in [0.15, 0.2) is 20.5 Å². The molecule has 0 aliphatic rings. The van der Waals surface area contributed by atoms with E-state index in [2.05, 4.69) is 0 Å². The van der Waals surface area contributed by atoms with Crippen molar-refractivity contribution < 1.29 is 4.79 Å². The second-order valence-electron chi connectivity index (χ2n) is 6.35. The molecular formula is C21H16ClN3O2S3. The fourth-order valence-corrected chi connectivity index (χ4v) is 5.41. The summed E-state index contributed by atoms with van der Waals surface area (Å²) >= 11 is 13.9. The first-order valence-corrected chi connectivity index (χ1v) is 11.7. The predicted octanol–water partition coefficient (Wildman–Crippen LogP) is 5.63. The van der Waals surface area contributed by atoms with Crippen molar-refractivity contribution >= 4 is 63.0 Å². The van der Waals surface area contributed by atoms with Gasteiger partial charge in [-0.25, -0.2) is 4.98 Å². The van der Waals surface area contributed by atoms with E-state index in [1.54, 1.807) is 28.8 Å². The molecule has 0 aliphatic carbocycles. The molecule has 0 unspecified atom stereocenters. The highest BCUT2D eigenvalue weighted by atomic mass is 35.5. The topological polar surface area (TPSA) is 56.9 Å². The van der Waals surface area contributed by atoms with Crippen molar-refractivity contribution in [1.29, 1.82) is 0 Å².